The van der Waals surface area contributed by atoms with Crippen LogP contribution in [0, 0.1) is 12.8 Å². The van der Waals surface area contributed by atoms with Gasteiger partial charge in [-0.05, 0) is 24.6 Å². The van der Waals surface area contributed by atoms with Crippen LogP contribution in [0.25, 0.3) is 10.9 Å². The highest BCUT2D eigenvalue weighted by molar-refractivity contribution is 6.00. The van der Waals surface area contributed by atoms with Gasteiger partial charge in [-0.15, -0.1) is 0 Å². The van der Waals surface area contributed by atoms with Crippen molar-refractivity contribution in [2.45, 2.75) is 19.6 Å². The molecule has 0 spiro atoms. The van der Waals surface area contributed by atoms with Crippen LogP contribution in [0.3, 0.4) is 0 Å². The molecular formula is C18H24N4O3. The van der Waals surface area contributed by atoms with Gasteiger partial charge in [0.1, 0.15) is 0 Å². The Kier molecular flexibility index (Phi) is 4.70. The average Bonchev–Trinajstić information content (AvgIpc) is 3.01. The molecule has 134 valence electrons. The fourth-order valence-corrected chi connectivity index (χ4v) is 3.32. The summed E-state index contributed by atoms with van der Waals surface area (Å²) in [6.07, 6.45) is 1.98. The Balaban J connectivity index is 1.46. The summed E-state index contributed by atoms with van der Waals surface area (Å²) in [5.41, 5.74) is 2.59. The predicted octanol–water partition coefficient (Wildman–Crippen LogP) is 0.709. The molecule has 1 aromatic heterocycles. The molecule has 0 saturated carbocycles. The molecule has 7 heteroatoms. The lowest BCUT2D eigenvalue weighted by atomic mass is 10.0. The number of nitrogens with one attached hydrogen (secondary N) is 2. The number of aromatic nitrogens is 2. The normalized spacial score (nSPS) is 21.2. The Labute approximate surface area is 146 Å². The van der Waals surface area contributed by atoms with E-state index in [1.54, 1.807) is 0 Å². The summed E-state index contributed by atoms with van der Waals surface area (Å²) < 4.78 is 12.9. The quantitative estimate of drug-likeness (QED) is 0.835. The SMILES string of the molecule is Cc1c(C(=O)NC[C@@H]2COCCO2)ccc2nn(CC3CNC3)cc12. The second-order valence-corrected chi connectivity index (χ2v) is 6.82. The molecule has 1 amide bonds. The van der Waals surface area contributed by atoms with E-state index in [0.717, 1.165) is 36.1 Å². The van der Waals surface area contributed by atoms with Crippen LogP contribution in [0.1, 0.15) is 15.9 Å². The van der Waals surface area contributed by atoms with Gasteiger partial charge in [0, 0.05) is 49.2 Å². The first-order valence-electron chi connectivity index (χ1n) is 8.86. The van der Waals surface area contributed by atoms with Crippen molar-refractivity contribution >= 4 is 16.8 Å². The number of aryl methyl sites for hydroxylation is 1. The highest BCUT2D eigenvalue weighted by Gasteiger charge is 2.20. The summed E-state index contributed by atoms with van der Waals surface area (Å²) in [5.74, 6) is 0.569. The van der Waals surface area contributed by atoms with Gasteiger partial charge >= 0.3 is 0 Å². The molecule has 1 aromatic carbocycles. The summed E-state index contributed by atoms with van der Waals surface area (Å²) in [4.78, 5) is 12.5. The van der Waals surface area contributed by atoms with Crippen molar-refractivity contribution in [1.29, 1.82) is 0 Å². The molecule has 2 fully saturated rings. The lowest BCUT2D eigenvalue weighted by Crippen LogP contribution is -2.44. The van der Waals surface area contributed by atoms with Crippen molar-refractivity contribution in [3.05, 3.63) is 29.5 Å². The van der Waals surface area contributed by atoms with Crippen LogP contribution < -0.4 is 10.6 Å². The van der Waals surface area contributed by atoms with E-state index in [2.05, 4.69) is 21.9 Å². The van der Waals surface area contributed by atoms with Crippen molar-refractivity contribution in [3.8, 4) is 0 Å². The van der Waals surface area contributed by atoms with Gasteiger partial charge in [0.2, 0.25) is 0 Å². The highest BCUT2D eigenvalue weighted by atomic mass is 16.6. The van der Waals surface area contributed by atoms with Crippen molar-refractivity contribution in [2.24, 2.45) is 5.92 Å². The molecule has 7 nitrogen and oxygen atoms in total. The average molecular weight is 344 g/mol. The fraction of sp³-hybridized carbons (Fsp3) is 0.556. The molecule has 0 bridgehead atoms. The van der Waals surface area contributed by atoms with E-state index in [1.807, 2.05) is 23.7 Å². The van der Waals surface area contributed by atoms with Crippen molar-refractivity contribution < 1.29 is 14.3 Å². The van der Waals surface area contributed by atoms with E-state index in [-0.39, 0.29) is 12.0 Å². The van der Waals surface area contributed by atoms with Gasteiger partial charge in [-0.1, -0.05) is 0 Å². The van der Waals surface area contributed by atoms with Gasteiger partial charge < -0.3 is 20.1 Å². The van der Waals surface area contributed by atoms with E-state index in [9.17, 15) is 4.79 Å². The maximum Gasteiger partial charge on any atom is 0.251 e. The zero-order valence-corrected chi connectivity index (χ0v) is 14.5. The van der Waals surface area contributed by atoms with Crippen LogP contribution in [-0.2, 0) is 16.0 Å². The third kappa shape index (κ3) is 3.53. The monoisotopic (exact) mass is 344 g/mol. The second kappa shape index (κ2) is 7.11. The number of carbonyl (C=O) groups is 1. The Morgan fingerprint density at radius 2 is 2.28 bits per heavy atom. The van der Waals surface area contributed by atoms with Crippen LogP contribution in [-0.4, -0.2) is 61.2 Å². The first-order valence-corrected chi connectivity index (χ1v) is 8.86. The predicted molar refractivity (Wildman–Crippen MR) is 93.7 cm³/mol. The van der Waals surface area contributed by atoms with E-state index in [4.69, 9.17) is 9.47 Å². The van der Waals surface area contributed by atoms with Crippen LogP contribution in [0.4, 0.5) is 0 Å². The van der Waals surface area contributed by atoms with Crippen LogP contribution in [0.5, 0.6) is 0 Å². The molecule has 2 aromatic rings. The summed E-state index contributed by atoms with van der Waals surface area (Å²) in [6, 6.07) is 3.78. The zero-order chi connectivity index (χ0) is 17.2. The third-order valence-electron chi connectivity index (χ3n) is 4.94. The number of hydrogen-bond donors (Lipinski definition) is 2. The minimum Gasteiger partial charge on any atom is -0.376 e. The number of hydrogen-bond acceptors (Lipinski definition) is 5. The Morgan fingerprint density at radius 1 is 1.40 bits per heavy atom. The van der Waals surface area contributed by atoms with Gasteiger partial charge in [-0.25, -0.2) is 0 Å². The standard InChI is InChI=1S/C18H24N4O3/c1-12-15(18(23)20-8-14-11-24-4-5-25-14)2-3-17-16(12)10-22(21-17)9-13-6-19-7-13/h2-3,10,13-14,19H,4-9,11H2,1H3,(H,20,23)/t14-/m1/s1. The molecule has 2 aliphatic heterocycles. The van der Waals surface area contributed by atoms with Gasteiger partial charge in [0.05, 0.1) is 31.4 Å². The zero-order valence-electron chi connectivity index (χ0n) is 14.5. The Bertz CT molecular complexity index is 763. The Morgan fingerprint density at radius 3 is 3.00 bits per heavy atom. The maximum absolute atomic E-state index is 12.5. The number of carbonyl (C=O) groups excluding carboxylic acids is 1. The second-order valence-electron chi connectivity index (χ2n) is 6.82. The van der Waals surface area contributed by atoms with E-state index in [0.29, 0.717) is 37.8 Å². The van der Waals surface area contributed by atoms with E-state index < -0.39 is 0 Å². The topological polar surface area (TPSA) is 77.4 Å². The van der Waals surface area contributed by atoms with Crippen LogP contribution in [0.15, 0.2) is 18.3 Å². The molecule has 1 atom stereocenters. The third-order valence-corrected chi connectivity index (χ3v) is 4.94. The first kappa shape index (κ1) is 16.5. The van der Waals surface area contributed by atoms with Crippen LogP contribution >= 0.6 is 0 Å². The molecule has 4 rings (SSSR count). The van der Waals surface area contributed by atoms with Crippen molar-refractivity contribution in [2.75, 3.05) is 39.5 Å². The Hall–Kier alpha value is -1.96. The smallest absolute Gasteiger partial charge is 0.251 e. The van der Waals surface area contributed by atoms with Gasteiger partial charge in [-0.3, -0.25) is 9.48 Å². The number of ether oxygens (including phenoxy) is 2. The lowest BCUT2D eigenvalue weighted by Gasteiger charge is -2.26. The van der Waals surface area contributed by atoms with E-state index >= 15 is 0 Å². The molecule has 0 radical (unpaired) electrons. The largest absolute Gasteiger partial charge is 0.376 e. The highest BCUT2D eigenvalue weighted by Crippen LogP contribution is 2.22. The maximum atomic E-state index is 12.5. The number of fused-ring (bicyclic) bond motifs is 1. The van der Waals surface area contributed by atoms with Crippen LogP contribution in [0.2, 0.25) is 0 Å². The molecular weight excluding hydrogens is 320 g/mol. The van der Waals surface area contributed by atoms with Crippen molar-refractivity contribution in [1.82, 2.24) is 20.4 Å². The molecule has 25 heavy (non-hydrogen) atoms. The number of benzene rings is 1. The molecule has 2 aliphatic rings. The van der Waals surface area contributed by atoms with Gasteiger partial charge in [0.25, 0.3) is 5.91 Å². The molecule has 2 N–H and O–H groups in total. The van der Waals surface area contributed by atoms with Crippen molar-refractivity contribution in [3.63, 3.8) is 0 Å². The number of rotatable bonds is 5. The van der Waals surface area contributed by atoms with Gasteiger partial charge in [0.15, 0.2) is 0 Å². The minimum atomic E-state index is -0.0792. The summed E-state index contributed by atoms with van der Waals surface area (Å²) in [5, 5.41) is 11.9. The number of nitrogens with zero attached hydrogens (tertiary/aromatic N) is 2. The summed E-state index contributed by atoms with van der Waals surface area (Å²) in [7, 11) is 0. The summed E-state index contributed by atoms with van der Waals surface area (Å²) >= 11 is 0. The van der Waals surface area contributed by atoms with Gasteiger partial charge in [-0.2, -0.15) is 5.10 Å². The fourth-order valence-electron chi connectivity index (χ4n) is 3.32. The molecule has 3 heterocycles. The molecule has 0 unspecified atom stereocenters. The number of amides is 1. The molecule has 2 saturated heterocycles. The van der Waals surface area contributed by atoms with E-state index in [1.165, 1.54) is 0 Å². The first-order chi connectivity index (χ1) is 12.2. The lowest BCUT2D eigenvalue weighted by molar-refractivity contribution is -0.0855. The molecule has 0 aliphatic carbocycles. The summed E-state index contributed by atoms with van der Waals surface area (Å²) in [6.45, 7) is 7.20. The minimum absolute atomic E-state index is 0.0689.